The zero-order chi connectivity index (χ0) is 13.9. The Bertz CT molecular complexity index is 564. The molecule has 0 bridgehead atoms. The maximum atomic E-state index is 6.17. The van der Waals surface area contributed by atoms with Crippen LogP contribution in [0, 0.1) is 0 Å². The molecule has 0 amide bonds. The van der Waals surface area contributed by atoms with Gasteiger partial charge in [-0.3, -0.25) is 0 Å². The molecule has 3 rings (SSSR count). The number of nitrogens with zero attached hydrogens (tertiary/aromatic N) is 1. The van der Waals surface area contributed by atoms with Gasteiger partial charge in [0.25, 0.3) is 0 Å². The highest BCUT2D eigenvalue weighted by Gasteiger charge is 2.20. The molecule has 1 aromatic heterocycles. The third-order valence-electron chi connectivity index (χ3n) is 3.62. The van der Waals surface area contributed by atoms with Crippen molar-refractivity contribution in [3.8, 4) is 0 Å². The molecule has 0 atom stereocenters. The first-order valence-corrected chi connectivity index (χ1v) is 8.28. The van der Waals surface area contributed by atoms with Crippen molar-refractivity contribution >= 4 is 28.6 Å². The van der Waals surface area contributed by atoms with E-state index in [1.165, 1.54) is 29.7 Å². The predicted octanol–water partition coefficient (Wildman–Crippen LogP) is 4.29. The fraction of sp³-hybridized carbons (Fsp3) is 0.375. The Kier molecular flexibility index (Phi) is 4.29. The summed E-state index contributed by atoms with van der Waals surface area (Å²) in [5.41, 5.74) is 3.88. The molecule has 4 heteroatoms. The number of hydrogen-bond acceptors (Lipinski definition) is 3. The Morgan fingerprint density at radius 2 is 2.20 bits per heavy atom. The van der Waals surface area contributed by atoms with E-state index in [1.807, 2.05) is 6.07 Å². The molecule has 0 aliphatic heterocycles. The van der Waals surface area contributed by atoms with E-state index >= 15 is 0 Å². The van der Waals surface area contributed by atoms with Gasteiger partial charge in [-0.1, -0.05) is 17.7 Å². The zero-order valence-electron chi connectivity index (χ0n) is 11.6. The van der Waals surface area contributed by atoms with Gasteiger partial charge >= 0.3 is 0 Å². The van der Waals surface area contributed by atoms with E-state index in [0.29, 0.717) is 0 Å². The quantitative estimate of drug-likeness (QED) is 0.856. The van der Waals surface area contributed by atoms with Crippen molar-refractivity contribution in [2.45, 2.75) is 32.0 Å². The minimum atomic E-state index is 0.723. The van der Waals surface area contributed by atoms with Gasteiger partial charge in [0.1, 0.15) is 0 Å². The number of benzene rings is 1. The molecule has 1 fully saturated rings. The van der Waals surface area contributed by atoms with Crippen LogP contribution in [0.2, 0.25) is 5.02 Å². The summed E-state index contributed by atoms with van der Waals surface area (Å²) < 4.78 is 0. The van der Waals surface area contributed by atoms with E-state index in [4.69, 9.17) is 11.6 Å². The first kappa shape index (κ1) is 13.9. The molecular formula is C16H19ClN2S. The minimum Gasteiger partial charge on any atom is -0.370 e. The third-order valence-corrected chi connectivity index (χ3v) is 4.58. The first-order chi connectivity index (χ1) is 9.72. The third kappa shape index (κ3) is 3.54. The molecule has 0 unspecified atom stereocenters. The standard InChI is InChI=1S/C16H19ClN2S/c1-19(10-12-6-7-20-11-12)16-8-14(17)3-2-13(16)9-18-15-4-5-15/h2-3,6-8,11,15,18H,4-5,9-10H2,1H3. The van der Waals surface area contributed by atoms with Gasteiger partial charge in [-0.15, -0.1) is 0 Å². The van der Waals surface area contributed by atoms with Gasteiger partial charge in [-0.2, -0.15) is 11.3 Å². The molecule has 0 saturated heterocycles. The van der Waals surface area contributed by atoms with Gasteiger partial charge in [-0.25, -0.2) is 0 Å². The van der Waals surface area contributed by atoms with Crippen molar-refractivity contribution in [1.82, 2.24) is 5.32 Å². The molecule has 106 valence electrons. The molecule has 2 nitrogen and oxygen atoms in total. The molecule has 1 aromatic carbocycles. The molecule has 1 aliphatic rings. The molecule has 1 aliphatic carbocycles. The van der Waals surface area contributed by atoms with Gasteiger partial charge in [-0.05, 0) is 52.9 Å². The Morgan fingerprint density at radius 3 is 2.90 bits per heavy atom. The summed E-state index contributed by atoms with van der Waals surface area (Å²) in [5.74, 6) is 0. The lowest BCUT2D eigenvalue weighted by Gasteiger charge is -2.23. The van der Waals surface area contributed by atoms with Crippen molar-refractivity contribution in [3.05, 3.63) is 51.2 Å². The van der Waals surface area contributed by atoms with Crippen molar-refractivity contribution in [3.63, 3.8) is 0 Å². The normalized spacial score (nSPS) is 14.5. The average molecular weight is 307 g/mol. The second-order valence-electron chi connectivity index (χ2n) is 5.42. The molecule has 1 saturated carbocycles. The Labute approximate surface area is 129 Å². The van der Waals surface area contributed by atoms with E-state index in [2.05, 4.69) is 46.2 Å². The fourth-order valence-corrected chi connectivity index (χ4v) is 3.15. The summed E-state index contributed by atoms with van der Waals surface area (Å²) >= 11 is 7.91. The maximum Gasteiger partial charge on any atom is 0.0434 e. The van der Waals surface area contributed by atoms with Crippen LogP contribution in [0.25, 0.3) is 0 Å². The van der Waals surface area contributed by atoms with Gasteiger partial charge in [0, 0.05) is 36.9 Å². The minimum absolute atomic E-state index is 0.723. The largest absolute Gasteiger partial charge is 0.370 e. The fourth-order valence-electron chi connectivity index (χ4n) is 2.33. The van der Waals surface area contributed by atoms with E-state index in [9.17, 15) is 0 Å². The van der Waals surface area contributed by atoms with E-state index in [-0.39, 0.29) is 0 Å². The number of nitrogens with one attached hydrogen (secondary N) is 1. The molecule has 20 heavy (non-hydrogen) atoms. The molecule has 2 aromatic rings. The summed E-state index contributed by atoms with van der Waals surface area (Å²) in [7, 11) is 2.13. The lowest BCUT2D eigenvalue weighted by molar-refractivity contribution is 0.685. The van der Waals surface area contributed by atoms with Crippen LogP contribution >= 0.6 is 22.9 Å². The first-order valence-electron chi connectivity index (χ1n) is 6.96. The summed E-state index contributed by atoms with van der Waals surface area (Å²) in [5, 5.41) is 8.70. The number of thiophene rings is 1. The van der Waals surface area contributed by atoms with Crippen LogP contribution in [0.5, 0.6) is 0 Å². The SMILES string of the molecule is CN(Cc1ccsc1)c1cc(Cl)ccc1CNC1CC1. The van der Waals surface area contributed by atoms with Crippen molar-refractivity contribution in [2.75, 3.05) is 11.9 Å². The second-order valence-corrected chi connectivity index (χ2v) is 6.63. The zero-order valence-corrected chi connectivity index (χ0v) is 13.2. The highest BCUT2D eigenvalue weighted by Crippen LogP contribution is 2.27. The predicted molar refractivity (Wildman–Crippen MR) is 87.7 cm³/mol. The summed E-state index contributed by atoms with van der Waals surface area (Å²) in [4.78, 5) is 2.28. The number of halogens is 1. The smallest absolute Gasteiger partial charge is 0.0434 e. The monoisotopic (exact) mass is 306 g/mol. The van der Waals surface area contributed by atoms with Crippen molar-refractivity contribution < 1.29 is 0 Å². The Balaban J connectivity index is 1.76. The van der Waals surface area contributed by atoms with E-state index in [1.54, 1.807) is 11.3 Å². The van der Waals surface area contributed by atoms with Crippen LogP contribution in [0.1, 0.15) is 24.0 Å². The van der Waals surface area contributed by atoms with Gasteiger partial charge in [0.2, 0.25) is 0 Å². The van der Waals surface area contributed by atoms with Gasteiger partial charge < -0.3 is 10.2 Å². The summed E-state index contributed by atoms with van der Waals surface area (Å²) in [6.07, 6.45) is 2.63. The van der Waals surface area contributed by atoms with Crippen molar-refractivity contribution in [1.29, 1.82) is 0 Å². The number of anilines is 1. The average Bonchev–Trinajstić information content (AvgIpc) is 3.13. The number of hydrogen-bond donors (Lipinski definition) is 1. The molecule has 0 radical (unpaired) electrons. The molecule has 1 heterocycles. The lowest BCUT2D eigenvalue weighted by Crippen LogP contribution is -2.21. The summed E-state index contributed by atoms with van der Waals surface area (Å²) in [6, 6.07) is 9.08. The highest BCUT2D eigenvalue weighted by molar-refractivity contribution is 7.07. The van der Waals surface area contributed by atoms with Crippen LogP contribution in [-0.4, -0.2) is 13.1 Å². The van der Waals surface area contributed by atoms with Crippen LogP contribution in [0.4, 0.5) is 5.69 Å². The van der Waals surface area contributed by atoms with Gasteiger partial charge in [0.05, 0.1) is 0 Å². The second kappa shape index (κ2) is 6.17. The van der Waals surface area contributed by atoms with E-state index in [0.717, 1.165) is 24.2 Å². The lowest BCUT2D eigenvalue weighted by atomic mass is 10.1. The highest BCUT2D eigenvalue weighted by atomic mass is 35.5. The molecule has 1 N–H and O–H groups in total. The van der Waals surface area contributed by atoms with E-state index < -0.39 is 0 Å². The van der Waals surface area contributed by atoms with Crippen molar-refractivity contribution in [2.24, 2.45) is 0 Å². The van der Waals surface area contributed by atoms with Crippen LogP contribution in [0.3, 0.4) is 0 Å². The Hall–Kier alpha value is -1.03. The maximum absolute atomic E-state index is 6.17. The number of rotatable bonds is 6. The topological polar surface area (TPSA) is 15.3 Å². The van der Waals surface area contributed by atoms with Crippen LogP contribution in [-0.2, 0) is 13.1 Å². The summed E-state index contributed by atoms with van der Waals surface area (Å²) in [6.45, 7) is 1.84. The molecular weight excluding hydrogens is 288 g/mol. The van der Waals surface area contributed by atoms with Crippen LogP contribution in [0.15, 0.2) is 35.0 Å². The Morgan fingerprint density at radius 1 is 1.35 bits per heavy atom. The van der Waals surface area contributed by atoms with Crippen LogP contribution < -0.4 is 10.2 Å². The molecule has 0 spiro atoms. The van der Waals surface area contributed by atoms with Gasteiger partial charge in [0.15, 0.2) is 0 Å².